The first-order valence-corrected chi connectivity index (χ1v) is 7.83. The fourth-order valence-electron chi connectivity index (χ4n) is 3.46. The van der Waals surface area contributed by atoms with Crippen molar-refractivity contribution < 1.29 is 24.5 Å². The highest BCUT2D eigenvalue weighted by Gasteiger charge is 2.49. The zero-order chi connectivity index (χ0) is 17.4. The van der Waals surface area contributed by atoms with Crippen molar-refractivity contribution in [3.8, 4) is 5.75 Å². The van der Waals surface area contributed by atoms with Crippen LogP contribution in [0.3, 0.4) is 0 Å². The molecule has 3 rings (SSSR count). The highest BCUT2D eigenvalue weighted by Crippen LogP contribution is 2.46. The second-order valence-electron chi connectivity index (χ2n) is 6.13. The molecule has 0 saturated carbocycles. The average Bonchev–Trinajstić information content (AvgIpc) is 2.80. The van der Waals surface area contributed by atoms with Crippen molar-refractivity contribution in [2.45, 2.75) is 25.5 Å². The van der Waals surface area contributed by atoms with Gasteiger partial charge >= 0.3 is 12.1 Å². The van der Waals surface area contributed by atoms with E-state index in [-0.39, 0.29) is 17.7 Å². The van der Waals surface area contributed by atoms with Gasteiger partial charge in [-0.2, -0.15) is 0 Å². The fraction of sp³-hybridized carbons (Fsp3) is 0.412. The molecule has 2 aliphatic rings. The second kappa shape index (κ2) is 6.16. The molecule has 0 bridgehead atoms. The Kier molecular flexibility index (Phi) is 4.19. The molecule has 1 saturated heterocycles. The Morgan fingerprint density at radius 3 is 2.79 bits per heavy atom. The lowest BCUT2D eigenvalue weighted by Gasteiger charge is -2.47. The molecule has 1 aromatic carbocycles. The van der Waals surface area contributed by atoms with Gasteiger partial charge in [-0.15, -0.1) is 0 Å². The molecule has 1 fully saturated rings. The normalized spacial score (nSPS) is 23.4. The summed E-state index contributed by atoms with van der Waals surface area (Å²) in [6, 6.07) is 6.84. The molecule has 7 heteroatoms. The summed E-state index contributed by atoms with van der Waals surface area (Å²) in [5.41, 5.74) is 1.69. The van der Waals surface area contributed by atoms with E-state index in [4.69, 9.17) is 4.74 Å². The van der Waals surface area contributed by atoms with Crippen LogP contribution in [0.1, 0.15) is 18.9 Å². The molecule has 24 heavy (non-hydrogen) atoms. The Morgan fingerprint density at radius 1 is 1.42 bits per heavy atom. The van der Waals surface area contributed by atoms with Crippen LogP contribution in [-0.2, 0) is 4.79 Å². The van der Waals surface area contributed by atoms with E-state index in [1.807, 2.05) is 4.90 Å². The summed E-state index contributed by atoms with van der Waals surface area (Å²) >= 11 is 0. The van der Waals surface area contributed by atoms with E-state index in [1.54, 1.807) is 31.2 Å². The van der Waals surface area contributed by atoms with Crippen LogP contribution in [0.4, 0.5) is 4.79 Å². The molecule has 3 N–H and O–H groups in total. The number of hydrogen-bond acceptors (Lipinski definition) is 5. The van der Waals surface area contributed by atoms with Gasteiger partial charge in [-0.3, -0.25) is 0 Å². The van der Waals surface area contributed by atoms with Gasteiger partial charge in [0.2, 0.25) is 0 Å². The van der Waals surface area contributed by atoms with Crippen molar-refractivity contribution in [2.24, 2.45) is 5.92 Å². The summed E-state index contributed by atoms with van der Waals surface area (Å²) < 4.78 is 5.11. The number of carbonyl (C=O) groups excluding carboxylic acids is 1. The summed E-state index contributed by atoms with van der Waals surface area (Å²) in [4.78, 5) is 24.9. The number of nitrogens with zero attached hydrogens (tertiary/aromatic N) is 1. The van der Waals surface area contributed by atoms with E-state index in [1.165, 1.54) is 7.05 Å². The predicted molar refractivity (Wildman–Crippen MR) is 86.4 cm³/mol. The number of benzene rings is 1. The molecule has 7 nitrogen and oxygen atoms in total. The fourth-order valence-corrected chi connectivity index (χ4v) is 3.46. The van der Waals surface area contributed by atoms with E-state index >= 15 is 0 Å². The number of nitrogens with one attached hydrogen (secondary N) is 1. The quantitative estimate of drug-likeness (QED) is 0.768. The van der Waals surface area contributed by atoms with Crippen molar-refractivity contribution in [3.05, 3.63) is 35.5 Å². The third kappa shape index (κ3) is 2.71. The van der Waals surface area contributed by atoms with Gasteiger partial charge < -0.3 is 25.2 Å². The van der Waals surface area contributed by atoms with Crippen LogP contribution in [0.5, 0.6) is 5.75 Å². The number of rotatable bonds is 4. The maximum Gasteiger partial charge on any atom is 0.412 e. The number of ether oxygens (including phenoxy) is 1. The minimum Gasteiger partial charge on any atom is -0.477 e. The first-order chi connectivity index (χ1) is 11.4. The van der Waals surface area contributed by atoms with Crippen LogP contribution in [0.15, 0.2) is 30.0 Å². The van der Waals surface area contributed by atoms with Crippen molar-refractivity contribution in [1.29, 1.82) is 0 Å². The second-order valence-corrected chi connectivity index (χ2v) is 6.13. The Bertz CT molecular complexity index is 713. The molecular weight excluding hydrogens is 312 g/mol. The summed E-state index contributed by atoms with van der Waals surface area (Å²) in [6.07, 6.45) is -0.492. The lowest BCUT2D eigenvalue weighted by molar-refractivity contribution is -0.136. The maximum absolute atomic E-state index is 11.7. The molecule has 0 radical (unpaired) electrons. The maximum atomic E-state index is 11.7. The molecule has 3 atom stereocenters. The van der Waals surface area contributed by atoms with Crippen LogP contribution in [0, 0.1) is 5.92 Å². The van der Waals surface area contributed by atoms with Crippen molar-refractivity contribution in [3.63, 3.8) is 0 Å². The van der Waals surface area contributed by atoms with Gasteiger partial charge in [0, 0.05) is 25.6 Å². The van der Waals surface area contributed by atoms with E-state index in [0.717, 1.165) is 0 Å². The summed E-state index contributed by atoms with van der Waals surface area (Å²) in [5.74, 6) is -0.554. The molecule has 0 aromatic heterocycles. The third-order valence-electron chi connectivity index (χ3n) is 4.71. The minimum atomic E-state index is -0.978. The average molecular weight is 332 g/mol. The number of aliphatic carboxylic acids is 1. The number of carbonyl (C=O) groups is 2. The smallest absolute Gasteiger partial charge is 0.412 e. The topological polar surface area (TPSA) is 99.1 Å². The van der Waals surface area contributed by atoms with E-state index in [9.17, 15) is 19.8 Å². The van der Waals surface area contributed by atoms with E-state index in [2.05, 4.69) is 5.32 Å². The van der Waals surface area contributed by atoms with Crippen LogP contribution < -0.4 is 10.1 Å². The Morgan fingerprint density at radius 2 is 2.17 bits per heavy atom. The number of carboxylic acid groups (broad SMARTS) is 1. The number of carboxylic acids is 1. The number of hydrogen-bond donors (Lipinski definition) is 3. The first kappa shape index (κ1) is 16.3. The molecular formula is C17H20N2O5. The van der Waals surface area contributed by atoms with Gasteiger partial charge in [-0.05, 0) is 36.6 Å². The molecule has 2 aliphatic heterocycles. The molecule has 0 aliphatic carbocycles. The summed E-state index contributed by atoms with van der Waals surface area (Å²) in [5, 5.41) is 21.8. The number of aliphatic hydroxyl groups is 1. The van der Waals surface area contributed by atoms with Gasteiger partial charge in [0.15, 0.2) is 0 Å². The monoisotopic (exact) mass is 332 g/mol. The number of fused-ring (bicyclic) bond motifs is 1. The van der Waals surface area contributed by atoms with Crippen molar-refractivity contribution >= 4 is 17.6 Å². The SMILES string of the molecule is CNC(=O)Oc1cccc(C2=C(C(=O)O)N3CC(C(C)O)C3C2)c1. The zero-order valence-electron chi connectivity index (χ0n) is 13.5. The standard InChI is InChI=1S/C17H20N2O5/c1-9(20)13-8-19-14(13)7-12(15(19)16(21)22)10-4-3-5-11(6-10)24-17(23)18-2/h3-6,9,13-14,20H,7-8H2,1-2H3,(H,18,23)(H,21,22). The van der Waals surface area contributed by atoms with Crippen molar-refractivity contribution in [2.75, 3.05) is 13.6 Å². The first-order valence-electron chi connectivity index (χ1n) is 7.83. The van der Waals surface area contributed by atoms with E-state index in [0.29, 0.717) is 29.9 Å². The highest BCUT2D eigenvalue weighted by atomic mass is 16.5. The van der Waals surface area contributed by atoms with Crippen LogP contribution >= 0.6 is 0 Å². The number of amides is 1. The van der Waals surface area contributed by atoms with Crippen LogP contribution in [-0.4, -0.2) is 52.9 Å². The van der Waals surface area contributed by atoms with Crippen LogP contribution in [0.2, 0.25) is 0 Å². The Balaban J connectivity index is 1.91. The van der Waals surface area contributed by atoms with Crippen LogP contribution in [0.25, 0.3) is 5.57 Å². The molecule has 128 valence electrons. The minimum absolute atomic E-state index is 0.00890. The molecule has 2 heterocycles. The Hall–Kier alpha value is -2.54. The zero-order valence-corrected chi connectivity index (χ0v) is 13.5. The molecule has 1 aromatic rings. The Labute approximate surface area is 139 Å². The van der Waals surface area contributed by atoms with E-state index < -0.39 is 18.2 Å². The highest BCUT2D eigenvalue weighted by molar-refractivity contribution is 5.97. The third-order valence-corrected chi connectivity index (χ3v) is 4.71. The lowest BCUT2D eigenvalue weighted by atomic mass is 9.83. The lowest BCUT2D eigenvalue weighted by Crippen LogP contribution is -2.57. The molecule has 3 unspecified atom stereocenters. The predicted octanol–water partition coefficient (Wildman–Crippen LogP) is 1.29. The van der Waals surface area contributed by atoms with Gasteiger partial charge in [-0.1, -0.05) is 12.1 Å². The van der Waals surface area contributed by atoms with Gasteiger partial charge in [-0.25, -0.2) is 9.59 Å². The molecule has 1 amide bonds. The van der Waals surface area contributed by atoms with Crippen molar-refractivity contribution in [1.82, 2.24) is 10.2 Å². The largest absolute Gasteiger partial charge is 0.477 e. The van der Waals surface area contributed by atoms with Gasteiger partial charge in [0.25, 0.3) is 0 Å². The number of aliphatic hydroxyl groups excluding tert-OH is 1. The van der Waals surface area contributed by atoms with Gasteiger partial charge in [0.05, 0.1) is 6.10 Å². The van der Waals surface area contributed by atoms with Gasteiger partial charge in [0.1, 0.15) is 11.4 Å². The summed E-state index contributed by atoms with van der Waals surface area (Å²) in [7, 11) is 1.47. The summed E-state index contributed by atoms with van der Waals surface area (Å²) in [6.45, 7) is 2.28. The molecule has 0 spiro atoms.